The third-order valence-corrected chi connectivity index (χ3v) is 4.85. The van der Waals surface area contributed by atoms with Gasteiger partial charge in [0.15, 0.2) is 5.82 Å². The van der Waals surface area contributed by atoms with Crippen LogP contribution < -0.4 is 10.6 Å². The molecular weight excluding hydrogens is 314 g/mol. The van der Waals surface area contributed by atoms with Crippen LogP contribution >= 0.6 is 11.3 Å². The van der Waals surface area contributed by atoms with Gasteiger partial charge in [0.1, 0.15) is 12.1 Å². The molecule has 0 aromatic carbocycles. The van der Waals surface area contributed by atoms with Crippen LogP contribution in [0.1, 0.15) is 11.7 Å². The third-order valence-electron chi connectivity index (χ3n) is 3.95. The summed E-state index contributed by atoms with van der Waals surface area (Å²) in [6.45, 7) is 4.69. The van der Waals surface area contributed by atoms with Crippen molar-refractivity contribution >= 4 is 27.4 Å². The molecule has 4 rings (SSSR count). The van der Waals surface area contributed by atoms with Crippen molar-refractivity contribution in [2.45, 2.75) is 13.1 Å². The van der Waals surface area contributed by atoms with Crippen molar-refractivity contribution < 1.29 is 4.52 Å². The summed E-state index contributed by atoms with van der Waals surface area (Å²) in [5.74, 6) is 2.22. The second kappa shape index (κ2) is 6.19. The Hall–Kier alpha value is -2.10. The highest BCUT2D eigenvalue weighted by atomic mass is 32.1. The molecule has 0 spiro atoms. The lowest BCUT2D eigenvalue weighted by Gasteiger charge is -2.34. The molecule has 1 fully saturated rings. The van der Waals surface area contributed by atoms with Crippen LogP contribution in [0.3, 0.4) is 0 Å². The van der Waals surface area contributed by atoms with Crippen LogP contribution in [0.5, 0.6) is 0 Å². The summed E-state index contributed by atoms with van der Waals surface area (Å²) in [7, 11) is 0. The fourth-order valence-electron chi connectivity index (χ4n) is 2.76. The van der Waals surface area contributed by atoms with E-state index in [0.717, 1.165) is 42.2 Å². The van der Waals surface area contributed by atoms with E-state index in [1.165, 1.54) is 0 Å². The van der Waals surface area contributed by atoms with Gasteiger partial charge in [-0.2, -0.15) is 4.98 Å². The number of hydrogen-bond acceptors (Lipinski definition) is 9. The monoisotopic (exact) mass is 331 g/mol. The standard InChI is InChI=1S/C14H17N7OS/c15-7-12-18-11(19-22-12)8-20-2-4-21(5-3-20)14-13-10(1-6-23-13)16-9-17-14/h1,6,9H,2-5,7-8,15H2. The minimum absolute atomic E-state index is 0.283. The van der Waals surface area contributed by atoms with Gasteiger partial charge >= 0.3 is 0 Å². The van der Waals surface area contributed by atoms with Gasteiger partial charge in [0.25, 0.3) is 0 Å². The predicted octanol–water partition coefficient (Wildman–Crippen LogP) is 0.855. The van der Waals surface area contributed by atoms with Crippen LogP contribution in [0.25, 0.3) is 10.2 Å². The van der Waals surface area contributed by atoms with E-state index in [0.29, 0.717) is 18.3 Å². The quantitative estimate of drug-likeness (QED) is 0.751. The van der Waals surface area contributed by atoms with Gasteiger partial charge in [0, 0.05) is 26.2 Å². The molecule has 2 N–H and O–H groups in total. The van der Waals surface area contributed by atoms with Gasteiger partial charge in [-0.05, 0) is 11.4 Å². The molecule has 8 nitrogen and oxygen atoms in total. The van der Waals surface area contributed by atoms with E-state index < -0.39 is 0 Å². The third kappa shape index (κ3) is 2.90. The Bertz CT molecular complexity index is 793. The van der Waals surface area contributed by atoms with Crippen molar-refractivity contribution in [1.29, 1.82) is 0 Å². The van der Waals surface area contributed by atoms with Gasteiger partial charge in [0.2, 0.25) is 5.89 Å². The van der Waals surface area contributed by atoms with Crippen molar-refractivity contribution in [2.75, 3.05) is 31.1 Å². The van der Waals surface area contributed by atoms with Crippen molar-refractivity contribution in [2.24, 2.45) is 5.73 Å². The average molecular weight is 331 g/mol. The van der Waals surface area contributed by atoms with E-state index in [2.05, 4.69) is 35.3 Å². The Morgan fingerprint density at radius 1 is 1.22 bits per heavy atom. The molecule has 23 heavy (non-hydrogen) atoms. The fourth-order valence-corrected chi connectivity index (χ4v) is 3.62. The molecule has 1 aliphatic heterocycles. The highest BCUT2D eigenvalue weighted by Gasteiger charge is 2.21. The average Bonchev–Trinajstić information content (AvgIpc) is 3.24. The molecule has 1 aliphatic rings. The first-order valence-corrected chi connectivity index (χ1v) is 8.38. The van der Waals surface area contributed by atoms with Gasteiger partial charge in [-0.15, -0.1) is 11.3 Å². The summed E-state index contributed by atoms with van der Waals surface area (Å²) < 4.78 is 6.21. The van der Waals surface area contributed by atoms with Gasteiger partial charge in [-0.3, -0.25) is 4.90 Å². The molecule has 0 unspecified atom stereocenters. The zero-order chi connectivity index (χ0) is 15.6. The van der Waals surface area contributed by atoms with Gasteiger partial charge in [0.05, 0.1) is 23.3 Å². The molecule has 3 aromatic heterocycles. The number of thiophene rings is 1. The Kier molecular flexibility index (Phi) is 3.90. The van der Waals surface area contributed by atoms with E-state index in [-0.39, 0.29) is 6.54 Å². The number of piperazine rings is 1. The van der Waals surface area contributed by atoms with Crippen molar-refractivity contribution in [3.63, 3.8) is 0 Å². The lowest BCUT2D eigenvalue weighted by Crippen LogP contribution is -2.46. The minimum Gasteiger partial charge on any atom is -0.353 e. The van der Waals surface area contributed by atoms with Crippen molar-refractivity contribution in [3.8, 4) is 0 Å². The molecule has 0 aliphatic carbocycles. The van der Waals surface area contributed by atoms with E-state index in [1.54, 1.807) is 17.7 Å². The maximum Gasteiger partial charge on any atom is 0.240 e. The summed E-state index contributed by atoms with van der Waals surface area (Å²) in [6.07, 6.45) is 1.64. The van der Waals surface area contributed by atoms with E-state index in [4.69, 9.17) is 10.3 Å². The first kappa shape index (κ1) is 14.5. The zero-order valence-corrected chi connectivity index (χ0v) is 13.4. The first-order chi connectivity index (χ1) is 11.3. The van der Waals surface area contributed by atoms with Gasteiger partial charge in [-0.1, -0.05) is 5.16 Å². The van der Waals surface area contributed by atoms with Crippen LogP contribution in [0.2, 0.25) is 0 Å². The number of nitrogens with zero attached hydrogens (tertiary/aromatic N) is 6. The Morgan fingerprint density at radius 3 is 2.87 bits per heavy atom. The SMILES string of the molecule is NCc1nc(CN2CCN(c3ncnc4ccsc34)CC2)no1. The summed E-state index contributed by atoms with van der Waals surface area (Å²) in [5, 5.41) is 6.01. The Balaban J connectivity index is 1.41. The highest BCUT2D eigenvalue weighted by Crippen LogP contribution is 2.28. The number of aromatic nitrogens is 4. The summed E-state index contributed by atoms with van der Waals surface area (Å²) in [5.41, 5.74) is 6.51. The maximum absolute atomic E-state index is 5.49. The molecule has 4 heterocycles. The number of fused-ring (bicyclic) bond motifs is 1. The minimum atomic E-state index is 0.283. The number of hydrogen-bond donors (Lipinski definition) is 1. The van der Waals surface area contributed by atoms with Crippen LogP contribution in [-0.2, 0) is 13.1 Å². The summed E-state index contributed by atoms with van der Waals surface area (Å²) in [4.78, 5) is 17.7. The van der Waals surface area contributed by atoms with Crippen LogP contribution in [0.4, 0.5) is 5.82 Å². The number of anilines is 1. The summed E-state index contributed by atoms with van der Waals surface area (Å²) in [6, 6.07) is 2.03. The molecule has 1 saturated heterocycles. The molecule has 120 valence electrons. The molecule has 0 amide bonds. The predicted molar refractivity (Wildman–Crippen MR) is 87.1 cm³/mol. The number of rotatable bonds is 4. The second-order valence-electron chi connectivity index (χ2n) is 5.40. The lowest BCUT2D eigenvalue weighted by atomic mass is 10.3. The van der Waals surface area contributed by atoms with E-state index >= 15 is 0 Å². The summed E-state index contributed by atoms with van der Waals surface area (Å²) >= 11 is 1.69. The molecule has 0 saturated carbocycles. The second-order valence-corrected chi connectivity index (χ2v) is 6.32. The van der Waals surface area contributed by atoms with Gasteiger partial charge < -0.3 is 15.2 Å². The molecular formula is C14H17N7OS. The highest BCUT2D eigenvalue weighted by molar-refractivity contribution is 7.17. The van der Waals surface area contributed by atoms with Gasteiger partial charge in [-0.25, -0.2) is 9.97 Å². The topological polar surface area (TPSA) is 97.2 Å². The van der Waals surface area contributed by atoms with E-state index in [9.17, 15) is 0 Å². The fraction of sp³-hybridized carbons (Fsp3) is 0.429. The maximum atomic E-state index is 5.49. The normalized spacial score (nSPS) is 16.3. The van der Waals surface area contributed by atoms with Crippen LogP contribution in [0, 0.1) is 0 Å². The Labute approximate surface area is 136 Å². The van der Waals surface area contributed by atoms with Crippen LogP contribution in [-0.4, -0.2) is 51.2 Å². The first-order valence-electron chi connectivity index (χ1n) is 7.50. The Morgan fingerprint density at radius 2 is 2.09 bits per heavy atom. The van der Waals surface area contributed by atoms with Crippen molar-refractivity contribution in [3.05, 3.63) is 29.5 Å². The molecule has 0 radical (unpaired) electrons. The lowest BCUT2D eigenvalue weighted by molar-refractivity contribution is 0.239. The number of nitrogens with two attached hydrogens (primary N) is 1. The van der Waals surface area contributed by atoms with Crippen LogP contribution in [0.15, 0.2) is 22.3 Å². The largest absolute Gasteiger partial charge is 0.353 e. The molecule has 0 atom stereocenters. The molecule has 3 aromatic rings. The molecule has 9 heteroatoms. The molecule has 0 bridgehead atoms. The zero-order valence-electron chi connectivity index (χ0n) is 12.6. The smallest absolute Gasteiger partial charge is 0.240 e. The van der Waals surface area contributed by atoms with E-state index in [1.807, 2.05) is 6.07 Å². The van der Waals surface area contributed by atoms with Crippen molar-refractivity contribution in [1.82, 2.24) is 25.0 Å².